The molecule has 5 heteroatoms. The monoisotopic (exact) mass is 230 g/mol. The number of hydrazine groups is 1. The highest BCUT2D eigenvalue weighted by Crippen LogP contribution is 2.17. The summed E-state index contributed by atoms with van der Waals surface area (Å²) in [6.07, 6.45) is 4.25. The van der Waals surface area contributed by atoms with E-state index in [9.17, 15) is 4.48 Å². The maximum absolute atomic E-state index is 12.8. The highest BCUT2D eigenvalue weighted by atomic mass is 19.2. The molecule has 0 unspecified atom stereocenters. The van der Waals surface area contributed by atoms with Crippen LogP contribution in [0.15, 0.2) is 0 Å². The fraction of sp³-hybridized carbons (Fsp3) is 1.00. The Balaban J connectivity index is 1.60. The predicted octanol–water partition coefficient (Wildman–Crippen LogP) is 0.511. The van der Waals surface area contributed by atoms with Crippen molar-refractivity contribution >= 4 is 0 Å². The van der Waals surface area contributed by atoms with E-state index in [4.69, 9.17) is 5.84 Å². The van der Waals surface area contributed by atoms with Gasteiger partial charge in [0.1, 0.15) is 0 Å². The van der Waals surface area contributed by atoms with Gasteiger partial charge in [0, 0.05) is 32.2 Å². The number of nitrogens with two attached hydrogens (primary N) is 1. The Labute approximate surface area is 96.9 Å². The molecular formula is C11H23FN4. The van der Waals surface area contributed by atoms with Crippen LogP contribution in [-0.4, -0.2) is 48.9 Å². The lowest BCUT2D eigenvalue weighted by Gasteiger charge is -2.32. The molecule has 0 radical (unpaired) electrons. The molecule has 2 fully saturated rings. The molecule has 0 spiro atoms. The number of piperidine rings is 2. The maximum Gasteiger partial charge on any atom is 0.0293 e. The van der Waals surface area contributed by atoms with E-state index >= 15 is 0 Å². The molecule has 2 aliphatic heterocycles. The molecule has 0 aromatic carbocycles. The van der Waals surface area contributed by atoms with Crippen LogP contribution in [0.1, 0.15) is 25.7 Å². The molecule has 0 aliphatic carbocycles. The number of halogens is 1. The van der Waals surface area contributed by atoms with Crippen molar-refractivity contribution in [1.82, 2.24) is 15.4 Å². The van der Waals surface area contributed by atoms with Gasteiger partial charge in [-0.3, -0.25) is 5.84 Å². The Morgan fingerprint density at radius 3 is 2.31 bits per heavy atom. The van der Waals surface area contributed by atoms with Crippen LogP contribution in [0.25, 0.3) is 0 Å². The molecule has 4 nitrogen and oxygen atoms in total. The van der Waals surface area contributed by atoms with E-state index in [1.165, 1.54) is 0 Å². The lowest BCUT2D eigenvalue weighted by atomic mass is 9.97. The Morgan fingerprint density at radius 1 is 1.06 bits per heavy atom. The summed E-state index contributed by atoms with van der Waals surface area (Å²) in [7, 11) is 0. The topological polar surface area (TPSA) is 44.5 Å². The molecule has 3 N–H and O–H groups in total. The summed E-state index contributed by atoms with van der Waals surface area (Å²) in [5, 5.41) is 6.43. The zero-order chi connectivity index (χ0) is 11.4. The molecule has 16 heavy (non-hydrogen) atoms. The van der Waals surface area contributed by atoms with Crippen molar-refractivity contribution in [2.75, 3.05) is 32.7 Å². The number of nitrogens with one attached hydrogen (secondary N) is 1. The average molecular weight is 230 g/mol. The summed E-state index contributed by atoms with van der Waals surface area (Å²) >= 11 is 0. The van der Waals surface area contributed by atoms with Crippen molar-refractivity contribution in [2.45, 2.75) is 31.7 Å². The van der Waals surface area contributed by atoms with E-state index in [-0.39, 0.29) is 0 Å². The van der Waals surface area contributed by atoms with Gasteiger partial charge in [0.25, 0.3) is 0 Å². The molecule has 0 aromatic rings. The average Bonchev–Trinajstić information content (AvgIpc) is 2.30. The molecule has 0 bridgehead atoms. The third-order valence-electron chi connectivity index (χ3n) is 3.78. The van der Waals surface area contributed by atoms with Gasteiger partial charge >= 0.3 is 0 Å². The number of hydrogen-bond acceptors (Lipinski definition) is 4. The molecule has 0 saturated carbocycles. The van der Waals surface area contributed by atoms with Crippen LogP contribution in [0.5, 0.6) is 0 Å². The van der Waals surface area contributed by atoms with Gasteiger partial charge in [0.2, 0.25) is 0 Å². The first-order valence-corrected chi connectivity index (χ1v) is 6.38. The van der Waals surface area contributed by atoms with E-state index in [0.717, 1.165) is 50.4 Å². The first-order chi connectivity index (χ1) is 7.74. The van der Waals surface area contributed by atoms with E-state index < -0.39 is 0 Å². The fourth-order valence-electron chi connectivity index (χ4n) is 2.54. The Kier molecular flexibility index (Phi) is 4.52. The number of hydrogen-bond donors (Lipinski definition) is 2. The van der Waals surface area contributed by atoms with Gasteiger partial charge in [-0.25, -0.2) is 5.01 Å². The van der Waals surface area contributed by atoms with Crippen molar-refractivity contribution in [3.8, 4) is 0 Å². The highest BCUT2D eigenvalue weighted by Gasteiger charge is 2.21. The van der Waals surface area contributed by atoms with Crippen LogP contribution < -0.4 is 11.2 Å². The van der Waals surface area contributed by atoms with Crippen molar-refractivity contribution in [1.29, 1.82) is 0 Å². The van der Waals surface area contributed by atoms with Crippen molar-refractivity contribution in [3.63, 3.8) is 0 Å². The molecule has 0 amide bonds. The van der Waals surface area contributed by atoms with Crippen LogP contribution in [0.4, 0.5) is 4.48 Å². The SMILES string of the molecule is NN1CCC(NCC2CCN(F)CC2)CC1. The van der Waals surface area contributed by atoms with E-state index in [1.807, 2.05) is 5.01 Å². The molecule has 2 rings (SSSR count). The summed E-state index contributed by atoms with van der Waals surface area (Å²) in [5.41, 5.74) is 0. The fourth-order valence-corrected chi connectivity index (χ4v) is 2.54. The summed E-state index contributed by atoms with van der Waals surface area (Å²) < 4.78 is 12.8. The highest BCUT2D eigenvalue weighted by molar-refractivity contribution is 4.77. The number of nitrogens with zero attached hydrogens (tertiary/aromatic N) is 2. The zero-order valence-corrected chi connectivity index (χ0v) is 9.87. The van der Waals surface area contributed by atoms with E-state index in [0.29, 0.717) is 25.0 Å². The quantitative estimate of drug-likeness (QED) is 0.548. The van der Waals surface area contributed by atoms with Gasteiger partial charge in [-0.15, -0.1) is 9.60 Å². The van der Waals surface area contributed by atoms with E-state index in [2.05, 4.69) is 5.32 Å². The van der Waals surface area contributed by atoms with Gasteiger partial charge in [0.15, 0.2) is 0 Å². The predicted molar refractivity (Wildman–Crippen MR) is 62.2 cm³/mol. The molecule has 0 atom stereocenters. The van der Waals surface area contributed by atoms with Crippen LogP contribution in [0.2, 0.25) is 0 Å². The normalized spacial score (nSPS) is 27.4. The maximum atomic E-state index is 12.8. The lowest BCUT2D eigenvalue weighted by molar-refractivity contribution is -0.00895. The van der Waals surface area contributed by atoms with E-state index in [1.54, 1.807) is 0 Å². The van der Waals surface area contributed by atoms with Crippen molar-refractivity contribution in [3.05, 3.63) is 0 Å². The lowest BCUT2D eigenvalue weighted by Crippen LogP contribution is -2.47. The standard InChI is InChI=1S/C11H23FN4/c12-15-5-1-10(2-6-15)9-14-11-3-7-16(13)8-4-11/h10-11,14H,1-9,13H2. The summed E-state index contributed by atoms with van der Waals surface area (Å²) in [4.78, 5) is 0. The van der Waals surface area contributed by atoms with Crippen LogP contribution in [0, 0.1) is 5.92 Å². The van der Waals surface area contributed by atoms with Gasteiger partial charge < -0.3 is 5.32 Å². The van der Waals surface area contributed by atoms with Crippen molar-refractivity contribution in [2.24, 2.45) is 11.8 Å². The van der Waals surface area contributed by atoms with Crippen LogP contribution >= 0.6 is 0 Å². The molecule has 0 aromatic heterocycles. The van der Waals surface area contributed by atoms with Crippen molar-refractivity contribution < 1.29 is 4.48 Å². The summed E-state index contributed by atoms with van der Waals surface area (Å²) in [6.45, 7) is 4.23. The smallest absolute Gasteiger partial charge is 0.0293 e. The Hall–Kier alpha value is -0.230. The minimum Gasteiger partial charge on any atom is -0.314 e. The molecule has 2 heterocycles. The second kappa shape index (κ2) is 5.91. The Morgan fingerprint density at radius 2 is 1.69 bits per heavy atom. The second-order valence-corrected chi connectivity index (χ2v) is 5.07. The third kappa shape index (κ3) is 3.66. The van der Waals surface area contributed by atoms with Crippen LogP contribution in [-0.2, 0) is 0 Å². The van der Waals surface area contributed by atoms with Gasteiger partial charge in [-0.1, -0.05) is 0 Å². The molecule has 2 aliphatic rings. The first kappa shape index (κ1) is 12.2. The minimum atomic E-state index is 0.605. The zero-order valence-electron chi connectivity index (χ0n) is 9.87. The van der Waals surface area contributed by atoms with Gasteiger partial charge in [-0.2, -0.15) is 0 Å². The van der Waals surface area contributed by atoms with Gasteiger partial charge in [0.05, 0.1) is 0 Å². The first-order valence-electron chi connectivity index (χ1n) is 6.38. The third-order valence-corrected chi connectivity index (χ3v) is 3.78. The largest absolute Gasteiger partial charge is 0.314 e. The van der Waals surface area contributed by atoms with Crippen LogP contribution in [0.3, 0.4) is 0 Å². The summed E-state index contributed by atoms with van der Waals surface area (Å²) in [6, 6.07) is 0.614. The number of rotatable bonds is 3. The minimum absolute atomic E-state index is 0.605. The molecular weight excluding hydrogens is 207 g/mol. The Bertz CT molecular complexity index is 176. The molecule has 94 valence electrons. The molecule has 2 saturated heterocycles. The van der Waals surface area contributed by atoms with Gasteiger partial charge in [-0.05, 0) is 38.1 Å². The summed E-state index contributed by atoms with van der Waals surface area (Å²) in [5.74, 6) is 6.37. The second-order valence-electron chi connectivity index (χ2n) is 5.07.